The third kappa shape index (κ3) is 3.26. The van der Waals surface area contributed by atoms with Gasteiger partial charge in [0.2, 0.25) is 0 Å². The second-order valence-corrected chi connectivity index (χ2v) is 5.67. The fraction of sp³-hybridized carbons (Fsp3) is 0.533. The number of phenols is 1. The van der Waals surface area contributed by atoms with E-state index in [9.17, 15) is 9.90 Å². The average Bonchev–Trinajstić information content (AvgIpc) is 2.42. The first-order valence-electron chi connectivity index (χ1n) is 6.86. The number of hydrogen-bond acceptors (Lipinski definition) is 3. The second kappa shape index (κ2) is 5.61. The SMILES string of the molecule is CC1CCC(CN)(NC(=O)c2ccc(O)cc2)CC1. The molecule has 1 aromatic rings. The van der Waals surface area contributed by atoms with Gasteiger partial charge in [0.05, 0.1) is 5.54 Å². The molecule has 0 atom stereocenters. The highest BCUT2D eigenvalue weighted by Crippen LogP contribution is 2.31. The minimum Gasteiger partial charge on any atom is -0.508 e. The molecule has 1 aliphatic carbocycles. The minimum absolute atomic E-state index is 0.111. The summed E-state index contributed by atoms with van der Waals surface area (Å²) in [6.45, 7) is 2.71. The van der Waals surface area contributed by atoms with Crippen molar-refractivity contribution in [3.63, 3.8) is 0 Å². The highest BCUT2D eigenvalue weighted by molar-refractivity contribution is 5.94. The van der Waals surface area contributed by atoms with Crippen molar-refractivity contribution in [2.24, 2.45) is 11.7 Å². The van der Waals surface area contributed by atoms with E-state index in [-0.39, 0.29) is 17.2 Å². The van der Waals surface area contributed by atoms with Crippen LogP contribution in [0.3, 0.4) is 0 Å². The van der Waals surface area contributed by atoms with E-state index in [2.05, 4.69) is 12.2 Å². The van der Waals surface area contributed by atoms with Gasteiger partial charge < -0.3 is 16.2 Å². The van der Waals surface area contributed by atoms with Crippen LogP contribution >= 0.6 is 0 Å². The summed E-state index contributed by atoms with van der Waals surface area (Å²) in [6, 6.07) is 6.29. The predicted octanol–water partition coefficient (Wildman–Crippen LogP) is 2.03. The number of hydrogen-bond donors (Lipinski definition) is 3. The quantitative estimate of drug-likeness (QED) is 0.780. The van der Waals surface area contributed by atoms with Gasteiger partial charge in [-0.1, -0.05) is 6.92 Å². The average molecular weight is 262 g/mol. The summed E-state index contributed by atoms with van der Waals surface area (Å²) in [5, 5.41) is 12.3. The summed E-state index contributed by atoms with van der Waals surface area (Å²) in [5.74, 6) is 0.766. The maximum absolute atomic E-state index is 12.2. The van der Waals surface area contributed by atoms with Gasteiger partial charge in [-0.3, -0.25) is 4.79 Å². The zero-order chi connectivity index (χ0) is 13.9. The lowest BCUT2D eigenvalue weighted by Crippen LogP contribution is -2.55. The van der Waals surface area contributed by atoms with Crippen molar-refractivity contribution in [1.82, 2.24) is 5.32 Å². The number of amides is 1. The van der Waals surface area contributed by atoms with Crippen molar-refractivity contribution in [3.8, 4) is 5.75 Å². The van der Waals surface area contributed by atoms with Crippen LogP contribution in [0.15, 0.2) is 24.3 Å². The van der Waals surface area contributed by atoms with Crippen LogP contribution in [0.25, 0.3) is 0 Å². The molecule has 104 valence electrons. The largest absolute Gasteiger partial charge is 0.508 e. The Kier molecular flexibility index (Phi) is 4.10. The minimum atomic E-state index is -0.262. The molecule has 0 radical (unpaired) electrons. The Morgan fingerprint density at radius 1 is 1.37 bits per heavy atom. The molecule has 1 aromatic carbocycles. The first-order chi connectivity index (χ1) is 9.04. The third-order valence-electron chi connectivity index (χ3n) is 4.13. The topological polar surface area (TPSA) is 75.3 Å². The fourth-order valence-electron chi connectivity index (χ4n) is 2.62. The summed E-state index contributed by atoms with van der Waals surface area (Å²) < 4.78 is 0. The number of aromatic hydroxyl groups is 1. The van der Waals surface area contributed by atoms with Crippen LogP contribution in [0.5, 0.6) is 5.75 Å². The van der Waals surface area contributed by atoms with Crippen LogP contribution in [-0.2, 0) is 0 Å². The number of carbonyl (C=O) groups is 1. The summed E-state index contributed by atoms with van der Waals surface area (Å²) in [4.78, 5) is 12.2. The molecule has 4 N–H and O–H groups in total. The Labute approximate surface area is 114 Å². The number of nitrogens with two attached hydrogens (primary N) is 1. The lowest BCUT2D eigenvalue weighted by atomic mass is 9.77. The van der Waals surface area contributed by atoms with Crippen LogP contribution < -0.4 is 11.1 Å². The van der Waals surface area contributed by atoms with Crippen LogP contribution in [0.1, 0.15) is 43.0 Å². The van der Waals surface area contributed by atoms with Crippen molar-refractivity contribution in [2.75, 3.05) is 6.54 Å². The van der Waals surface area contributed by atoms with E-state index in [1.807, 2.05) is 0 Å². The zero-order valence-corrected chi connectivity index (χ0v) is 11.4. The lowest BCUT2D eigenvalue weighted by molar-refractivity contribution is 0.0860. The van der Waals surface area contributed by atoms with Crippen LogP contribution in [0.4, 0.5) is 0 Å². The van der Waals surface area contributed by atoms with Crippen LogP contribution in [0, 0.1) is 5.92 Å². The smallest absolute Gasteiger partial charge is 0.251 e. The summed E-state index contributed by atoms with van der Waals surface area (Å²) in [5.41, 5.74) is 6.18. The molecule has 1 saturated carbocycles. The molecule has 1 amide bonds. The van der Waals surface area contributed by atoms with Crippen molar-refractivity contribution >= 4 is 5.91 Å². The van der Waals surface area contributed by atoms with E-state index in [0.717, 1.165) is 25.7 Å². The Hall–Kier alpha value is -1.55. The predicted molar refractivity (Wildman–Crippen MR) is 75.0 cm³/mol. The molecule has 0 aromatic heterocycles. The van der Waals surface area contributed by atoms with E-state index in [1.165, 1.54) is 12.1 Å². The van der Waals surface area contributed by atoms with E-state index in [4.69, 9.17) is 5.73 Å². The normalized spacial score (nSPS) is 26.9. The van der Waals surface area contributed by atoms with E-state index in [0.29, 0.717) is 18.0 Å². The molecule has 4 heteroatoms. The molecule has 0 unspecified atom stereocenters. The maximum atomic E-state index is 12.2. The standard InChI is InChI=1S/C15H22N2O2/c1-11-6-8-15(10-16,9-7-11)17-14(19)12-2-4-13(18)5-3-12/h2-5,11,18H,6-10,16H2,1H3,(H,17,19). The fourth-order valence-corrected chi connectivity index (χ4v) is 2.62. The molecule has 1 aliphatic rings. The highest BCUT2D eigenvalue weighted by Gasteiger charge is 2.34. The molecule has 2 rings (SSSR count). The van der Waals surface area contributed by atoms with Gasteiger partial charge in [0.25, 0.3) is 5.91 Å². The van der Waals surface area contributed by atoms with E-state index >= 15 is 0 Å². The number of rotatable bonds is 3. The van der Waals surface area contributed by atoms with Gasteiger partial charge in [0.1, 0.15) is 5.75 Å². The number of nitrogens with one attached hydrogen (secondary N) is 1. The van der Waals surface area contributed by atoms with Gasteiger partial charge in [-0.25, -0.2) is 0 Å². The molecule has 4 nitrogen and oxygen atoms in total. The van der Waals surface area contributed by atoms with Crippen LogP contribution in [-0.4, -0.2) is 23.1 Å². The van der Waals surface area contributed by atoms with Gasteiger partial charge in [-0.05, 0) is 55.9 Å². The van der Waals surface area contributed by atoms with Crippen LogP contribution in [0.2, 0.25) is 0 Å². The summed E-state index contributed by atoms with van der Waals surface area (Å²) in [6.07, 6.45) is 4.09. The van der Waals surface area contributed by atoms with Gasteiger partial charge in [-0.2, -0.15) is 0 Å². The second-order valence-electron chi connectivity index (χ2n) is 5.67. The number of phenolic OH excluding ortho intramolecular Hbond substituents is 1. The molecule has 0 aliphatic heterocycles. The summed E-state index contributed by atoms with van der Waals surface area (Å²) in [7, 11) is 0. The Morgan fingerprint density at radius 2 is 1.95 bits per heavy atom. The molecule has 19 heavy (non-hydrogen) atoms. The van der Waals surface area contributed by atoms with E-state index in [1.54, 1.807) is 12.1 Å². The molecule has 0 spiro atoms. The van der Waals surface area contributed by atoms with Gasteiger partial charge in [-0.15, -0.1) is 0 Å². The lowest BCUT2D eigenvalue weighted by Gasteiger charge is -2.39. The molecule has 0 bridgehead atoms. The third-order valence-corrected chi connectivity index (χ3v) is 4.13. The van der Waals surface area contributed by atoms with Crippen molar-refractivity contribution in [3.05, 3.63) is 29.8 Å². The molecule has 0 heterocycles. The monoisotopic (exact) mass is 262 g/mol. The first kappa shape index (κ1) is 13.9. The first-order valence-corrected chi connectivity index (χ1v) is 6.86. The Balaban J connectivity index is 2.06. The number of benzene rings is 1. The van der Waals surface area contributed by atoms with Gasteiger partial charge in [0, 0.05) is 12.1 Å². The number of carbonyl (C=O) groups excluding carboxylic acids is 1. The molecule has 1 fully saturated rings. The zero-order valence-electron chi connectivity index (χ0n) is 11.4. The summed E-state index contributed by atoms with van der Waals surface area (Å²) >= 11 is 0. The van der Waals surface area contributed by atoms with Gasteiger partial charge >= 0.3 is 0 Å². The highest BCUT2D eigenvalue weighted by atomic mass is 16.3. The van der Waals surface area contributed by atoms with Crippen molar-refractivity contribution in [1.29, 1.82) is 0 Å². The maximum Gasteiger partial charge on any atom is 0.251 e. The Morgan fingerprint density at radius 3 is 2.47 bits per heavy atom. The van der Waals surface area contributed by atoms with E-state index < -0.39 is 0 Å². The van der Waals surface area contributed by atoms with Crippen molar-refractivity contribution in [2.45, 2.75) is 38.1 Å². The molecular formula is C15H22N2O2. The molecular weight excluding hydrogens is 240 g/mol. The Bertz CT molecular complexity index is 434. The molecule has 0 saturated heterocycles. The van der Waals surface area contributed by atoms with Gasteiger partial charge in [0.15, 0.2) is 0 Å². The van der Waals surface area contributed by atoms with Crippen molar-refractivity contribution < 1.29 is 9.90 Å².